The fraction of sp³-hybridized carbons (Fsp3) is 0.762. The van der Waals surface area contributed by atoms with Gasteiger partial charge in [-0.25, -0.2) is 0 Å². The Morgan fingerprint density at radius 3 is 2.40 bits per heavy atom. The molecule has 2 aliphatic heterocycles. The minimum Gasteiger partial charge on any atom is -0.381 e. The Bertz CT molecular complexity index is 650. The van der Waals surface area contributed by atoms with Gasteiger partial charge in [-0.3, -0.25) is 19.5 Å². The second-order valence-electron chi connectivity index (χ2n) is 8.29. The van der Waals surface area contributed by atoms with Crippen LogP contribution in [0.25, 0.3) is 0 Å². The molecule has 2 aliphatic carbocycles. The minimum atomic E-state index is -0.120. The third-order valence-electron chi connectivity index (χ3n) is 6.55. The molecule has 8 nitrogen and oxygen atoms in total. The lowest BCUT2D eigenvalue weighted by molar-refractivity contribution is -0.140. The van der Waals surface area contributed by atoms with Crippen LogP contribution in [0.2, 0.25) is 0 Å². The average molecular weight is 532 g/mol. The number of halogens is 1. The summed E-state index contributed by atoms with van der Waals surface area (Å²) in [5.41, 5.74) is 0. The minimum absolute atomic E-state index is 0. The molecule has 0 aromatic carbocycles. The summed E-state index contributed by atoms with van der Waals surface area (Å²) in [6, 6.07) is 0. The molecule has 1 saturated carbocycles. The van der Waals surface area contributed by atoms with Crippen molar-refractivity contribution in [3.63, 3.8) is 0 Å². The predicted molar refractivity (Wildman–Crippen MR) is 124 cm³/mol. The van der Waals surface area contributed by atoms with E-state index in [4.69, 9.17) is 9.47 Å². The maximum Gasteiger partial charge on any atom is 0.233 e. The molecule has 2 bridgehead atoms. The molecule has 4 unspecified atom stereocenters. The van der Waals surface area contributed by atoms with Gasteiger partial charge in [0.25, 0.3) is 0 Å². The summed E-state index contributed by atoms with van der Waals surface area (Å²) >= 11 is 0. The molecule has 0 aromatic heterocycles. The molecule has 2 saturated heterocycles. The quantitative estimate of drug-likeness (QED) is 0.122. The molecule has 2 heterocycles. The van der Waals surface area contributed by atoms with Crippen LogP contribution in [-0.4, -0.2) is 75.3 Å². The third-order valence-corrected chi connectivity index (χ3v) is 6.55. The van der Waals surface area contributed by atoms with Gasteiger partial charge in [0.2, 0.25) is 11.8 Å². The van der Waals surface area contributed by atoms with Gasteiger partial charge in [0, 0.05) is 46.5 Å². The smallest absolute Gasteiger partial charge is 0.233 e. The summed E-state index contributed by atoms with van der Waals surface area (Å²) < 4.78 is 11.2. The van der Waals surface area contributed by atoms with Crippen molar-refractivity contribution >= 4 is 41.8 Å². The number of fused-ring (bicyclic) bond motifs is 5. The summed E-state index contributed by atoms with van der Waals surface area (Å²) in [6.07, 6.45) is 8.37. The van der Waals surface area contributed by atoms with E-state index in [1.54, 1.807) is 7.05 Å². The number of carbonyl (C=O) groups excluding carboxylic acids is 2. The highest BCUT2D eigenvalue weighted by atomic mass is 127. The van der Waals surface area contributed by atoms with Crippen molar-refractivity contribution in [2.24, 2.45) is 28.7 Å². The number of rotatable bonds is 8. The van der Waals surface area contributed by atoms with Gasteiger partial charge in [-0.1, -0.05) is 12.2 Å². The van der Waals surface area contributed by atoms with E-state index < -0.39 is 0 Å². The number of ether oxygens (including phenoxy) is 2. The number of imide groups is 1. The van der Waals surface area contributed by atoms with E-state index in [0.29, 0.717) is 31.8 Å². The summed E-state index contributed by atoms with van der Waals surface area (Å²) in [6.45, 7) is 3.94. The topological polar surface area (TPSA) is 92.3 Å². The molecule has 4 aliphatic rings. The van der Waals surface area contributed by atoms with E-state index in [0.717, 1.165) is 45.4 Å². The number of aliphatic imine (C=N–C) groups is 1. The Kier molecular flexibility index (Phi) is 8.52. The van der Waals surface area contributed by atoms with Crippen molar-refractivity contribution in [2.75, 3.05) is 46.5 Å². The zero-order chi connectivity index (χ0) is 20.2. The van der Waals surface area contributed by atoms with Gasteiger partial charge in [0.05, 0.1) is 17.9 Å². The molecule has 30 heavy (non-hydrogen) atoms. The van der Waals surface area contributed by atoms with Crippen molar-refractivity contribution < 1.29 is 19.1 Å². The van der Waals surface area contributed by atoms with Crippen molar-refractivity contribution in [1.82, 2.24) is 15.5 Å². The Morgan fingerprint density at radius 1 is 1.13 bits per heavy atom. The van der Waals surface area contributed by atoms with Crippen molar-refractivity contribution in [2.45, 2.75) is 31.8 Å². The predicted octanol–water partition coefficient (Wildman–Crippen LogP) is 1.16. The van der Waals surface area contributed by atoms with Crippen molar-refractivity contribution in [3.05, 3.63) is 12.2 Å². The first-order valence-corrected chi connectivity index (χ1v) is 10.9. The van der Waals surface area contributed by atoms with Gasteiger partial charge in [-0.15, -0.1) is 24.0 Å². The zero-order valence-corrected chi connectivity index (χ0v) is 19.9. The number of guanidine groups is 1. The molecule has 0 radical (unpaired) electrons. The van der Waals surface area contributed by atoms with E-state index in [9.17, 15) is 9.59 Å². The van der Waals surface area contributed by atoms with Crippen LogP contribution in [0.3, 0.4) is 0 Å². The van der Waals surface area contributed by atoms with Gasteiger partial charge < -0.3 is 20.1 Å². The van der Waals surface area contributed by atoms with Gasteiger partial charge in [0.1, 0.15) is 0 Å². The second-order valence-corrected chi connectivity index (χ2v) is 8.29. The molecule has 9 heteroatoms. The van der Waals surface area contributed by atoms with Crippen LogP contribution in [0, 0.1) is 23.7 Å². The van der Waals surface area contributed by atoms with Crippen molar-refractivity contribution in [1.29, 1.82) is 0 Å². The second kappa shape index (κ2) is 10.9. The Balaban J connectivity index is 0.00000256. The van der Waals surface area contributed by atoms with E-state index in [-0.39, 0.29) is 59.5 Å². The number of amides is 2. The van der Waals surface area contributed by atoms with Crippen LogP contribution in [-0.2, 0) is 19.1 Å². The molecule has 0 spiro atoms. The molecule has 0 aromatic rings. The highest BCUT2D eigenvalue weighted by Gasteiger charge is 2.58. The van der Waals surface area contributed by atoms with E-state index in [2.05, 4.69) is 27.8 Å². The number of nitrogens with one attached hydrogen (secondary N) is 2. The number of likely N-dealkylation sites (tertiary alicyclic amines) is 1. The van der Waals surface area contributed by atoms with Crippen LogP contribution < -0.4 is 10.6 Å². The lowest BCUT2D eigenvalue weighted by Crippen LogP contribution is -2.44. The molecule has 2 N–H and O–H groups in total. The van der Waals surface area contributed by atoms with Crippen LogP contribution in [0.1, 0.15) is 25.7 Å². The molecular formula is C21H33IN4O4. The third kappa shape index (κ3) is 4.99. The summed E-state index contributed by atoms with van der Waals surface area (Å²) in [7, 11) is 1.72. The zero-order valence-electron chi connectivity index (χ0n) is 17.5. The molecule has 2 amide bonds. The Morgan fingerprint density at radius 2 is 1.77 bits per heavy atom. The number of hydrogen-bond acceptors (Lipinski definition) is 5. The highest BCUT2D eigenvalue weighted by molar-refractivity contribution is 14.0. The molecule has 3 fully saturated rings. The number of nitrogens with zero attached hydrogens (tertiary/aromatic N) is 2. The standard InChI is InChI=1S/C21H32N4O4.HI/c1-22-21(23-7-2-10-29-16-5-11-28-12-6-16)24-8-9-25-19(26)17-14-3-4-15(13-14)18(17)20(25)27;/h3-4,14-18H,2,5-13H2,1H3,(H2,22,23,24);1H. The molecule has 4 atom stereocenters. The fourth-order valence-corrected chi connectivity index (χ4v) is 5.06. The summed E-state index contributed by atoms with van der Waals surface area (Å²) in [5.74, 6) is 0.974. The van der Waals surface area contributed by atoms with Gasteiger partial charge in [-0.2, -0.15) is 0 Å². The van der Waals surface area contributed by atoms with Gasteiger partial charge in [-0.05, 0) is 37.5 Å². The maximum absolute atomic E-state index is 12.7. The van der Waals surface area contributed by atoms with Crippen LogP contribution in [0.4, 0.5) is 0 Å². The van der Waals surface area contributed by atoms with Gasteiger partial charge >= 0.3 is 0 Å². The Labute approximate surface area is 195 Å². The number of allylic oxidation sites excluding steroid dienone is 2. The van der Waals surface area contributed by atoms with Crippen molar-refractivity contribution in [3.8, 4) is 0 Å². The molecular weight excluding hydrogens is 499 g/mol. The first kappa shape index (κ1) is 23.5. The maximum atomic E-state index is 12.7. The SMILES string of the molecule is CN=C(NCCCOC1CCOCC1)NCCN1C(=O)C2C3C=CC(C3)C2C1=O.I. The number of hydrogen-bond donors (Lipinski definition) is 2. The highest BCUT2D eigenvalue weighted by Crippen LogP contribution is 2.52. The lowest BCUT2D eigenvalue weighted by Gasteiger charge is -2.22. The molecule has 4 rings (SSSR count). The van der Waals surface area contributed by atoms with Gasteiger partial charge in [0.15, 0.2) is 5.96 Å². The van der Waals surface area contributed by atoms with E-state index in [1.807, 2.05) is 0 Å². The van der Waals surface area contributed by atoms with Crippen LogP contribution in [0.5, 0.6) is 0 Å². The number of carbonyl (C=O) groups is 2. The Hall–Kier alpha value is -1.20. The summed E-state index contributed by atoms with van der Waals surface area (Å²) in [4.78, 5) is 31.0. The van der Waals surface area contributed by atoms with Crippen LogP contribution >= 0.6 is 24.0 Å². The first-order valence-electron chi connectivity index (χ1n) is 10.9. The van der Waals surface area contributed by atoms with E-state index in [1.165, 1.54) is 4.90 Å². The normalized spacial score (nSPS) is 30.6. The average Bonchev–Trinajstić information content (AvgIpc) is 3.42. The molecule has 168 valence electrons. The first-order chi connectivity index (χ1) is 14.2. The summed E-state index contributed by atoms with van der Waals surface area (Å²) in [5, 5.41) is 6.46. The monoisotopic (exact) mass is 532 g/mol. The largest absolute Gasteiger partial charge is 0.381 e. The van der Waals surface area contributed by atoms with E-state index >= 15 is 0 Å². The van der Waals surface area contributed by atoms with Crippen LogP contribution in [0.15, 0.2) is 17.1 Å². The fourth-order valence-electron chi connectivity index (χ4n) is 5.06. The lowest BCUT2D eigenvalue weighted by atomic mass is 9.85.